The quantitative estimate of drug-likeness (QED) is 0.870. The topological polar surface area (TPSA) is 86.3 Å². The molecule has 0 saturated heterocycles. The maximum Gasteiger partial charge on any atom is 0.308 e. The fraction of sp³-hybridized carbons (Fsp3) is 0.308. The zero-order valence-electron chi connectivity index (χ0n) is 10.8. The molecule has 0 aliphatic heterocycles. The van der Waals surface area contributed by atoms with Crippen LogP contribution in [0.3, 0.4) is 0 Å². The average Bonchev–Trinajstić information content (AvgIpc) is 2.84. The molecular weight excluding hydrogens is 246 g/mol. The number of carboxylic acids is 1. The van der Waals surface area contributed by atoms with Gasteiger partial charge in [-0.25, -0.2) is 4.98 Å². The number of H-pyrrole nitrogens is 1. The average molecular weight is 261 g/mol. The van der Waals surface area contributed by atoms with Gasteiger partial charge in [0.1, 0.15) is 0 Å². The predicted molar refractivity (Wildman–Crippen MR) is 69.9 cm³/mol. The fourth-order valence-corrected chi connectivity index (χ4v) is 1.86. The van der Waals surface area contributed by atoms with E-state index in [4.69, 9.17) is 5.11 Å². The lowest BCUT2D eigenvalue weighted by molar-refractivity contribution is -0.141. The fourth-order valence-electron chi connectivity index (χ4n) is 1.86. The third kappa shape index (κ3) is 2.73. The number of carboxylic acid groups (broad SMARTS) is 1. The van der Waals surface area contributed by atoms with Gasteiger partial charge in [0.25, 0.3) is 5.91 Å². The van der Waals surface area contributed by atoms with E-state index in [-0.39, 0.29) is 12.5 Å². The summed E-state index contributed by atoms with van der Waals surface area (Å²) in [6, 6.07) is 5.16. The van der Waals surface area contributed by atoms with Crippen molar-refractivity contribution in [2.24, 2.45) is 5.92 Å². The molecule has 0 spiro atoms. The van der Waals surface area contributed by atoms with E-state index in [1.165, 1.54) is 4.90 Å². The number of nitrogens with zero attached hydrogens (tertiary/aromatic N) is 2. The molecule has 2 N–H and O–H groups in total. The van der Waals surface area contributed by atoms with Crippen LogP contribution in [0, 0.1) is 5.92 Å². The summed E-state index contributed by atoms with van der Waals surface area (Å²) in [6.07, 6.45) is 1.56. The number of aromatic amines is 1. The van der Waals surface area contributed by atoms with Crippen LogP contribution in [0.2, 0.25) is 0 Å². The number of carbonyl (C=O) groups excluding carboxylic acids is 1. The van der Waals surface area contributed by atoms with E-state index in [0.717, 1.165) is 11.0 Å². The molecule has 0 saturated carbocycles. The van der Waals surface area contributed by atoms with E-state index in [1.54, 1.807) is 38.5 Å². The Morgan fingerprint density at radius 3 is 2.89 bits per heavy atom. The number of imidazole rings is 1. The lowest BCUT2D eigenvalue weighted by Crippen LogP contribution is -2.33. The molecule has 1 atom stereocenters. The Morgan fingerprint density at radius 1 is 1.47 bits per heavy atom. The van der Waals surface area contributed by atoms with E-state index >= 15 is 0 Å². The standard InChI is InChI=1S/C13H15N3O3/c1-8(13(18)19)6-16(2)12(17)9-3-4-10-11(5-9)15-7-14-10/h3-5,7-8H,6H2,1-2H3,(H,14,15)(H,18,19). The number of rotatable bonds is 4. The van der Waals surface area contributed by atoms with Crippen molar-refractivity contribution in [3.8, 4) is 0 Å². The van der Waals surface area contributed by atoms with Crippen molar-refractivity contribution in [1.29, 1.82) is 0 Å². The van der Waals surface area contributed by atoms with E-state index in [9.17, 15) is 9.59 Å². The number of amides is 1. The third-order valence-corrected chi connectivity index (χ3v) is 2.98. The molecule has 1 aromatic carbocycles. The van der Waals surface area contributed by atoms with Gasteiger partial charge in [0.05, 0.1) is 23.3 Å². The summed E-state index contributed by atoms with van der Waals surface area (Å²) in [4.78, 5) is 31.4. The highest BCUT2D eigenvalue weighted by atomic mass is 16.4. The largest absolute Gasteiger partial charge is 0.481 e. The van der Waals surface area contributed by atoms with Gasteiger partial charge in [-0.05, 0) is 18.2 Å². The first-order valence-corrected chi connectivity index (χ1v) is 5.90. The van der Waals surface area contributed by atoms with E-state index in [0.29, 0.717) is 5.56 Å². The van der Waals surface area contributed by atoms with E-state index < -0.39 is 11.9 Å². The van der Waals surface area contributed by atoms with Crippen LogP contribution in [0.5, 0.6) is 0 Å². The minimum atomic E-state index is -0.913. The second-order valence-corrected chi connectivity index (χ2v) is 4.56. The van der Waals surface area contributed by atoms with Crippen molar-refractivity contribution in [3.63, 3.8) is 0 Å². The number of hydrogen-bond acceptors (Lipinski definition) is 3. The Bertz CT molecular complexity index is 620. The molecular formula is C13H15N3O3. The Labute approximate surface area is 110 Å². The Hall–Kier alpha value is -2.37. The summed E-state index contributed by atoms with van der Waals surface area (Å²) in [5.74, 6) is -1.71. The van der Waals surface area contributed by atoms with Crippen molar-refractivity contribution in [1.82, 2.24) is 14.9 Å². The first kappa shape index (κ1) is 13.1. The van der Waals surface area contributed by atoms with E-state index in [2.05, 4.69) is 9.97 Å². The van der Waals surface area contributed by atoms with Gasteiger partial charge in [0.2, 0.25) is 0 Å². The molecule has 0 fully saturated rings. The second-order valence-electron chi connectivity index (χ2n) is 4.56. The second kappa shape index (κ2) is 5.09. The van der Waals surface area contributed by atoms with Gasteiger partial charge in [-0.3, -0.25) is 9.59 Å². The lowest BCUT2D eigenvalue weighted by atomic mass is 10.1. The summed E-state index contributed by atoms with van der Waals surface area (Å²) in [7, 11) is 1.60. The highest BCUT2D eigenvalue weighted by molar-refractivity contribution is 5.97. The van der Waals surface area contributed by atoms with Gasteiger partial charge in [-0.2, -0.15) is 0 Å². The van der Waals surface area contributed by atoms with E-state index in [1.807, 2.05) is 0 Å². The molecule has 2 aromatic rings. The molecule has 0 radical (unpaired) electrons. The first-order chi connectivity index (χ1) is 8.99. The summed E-state index contributed by atoms with van der Waals surface area (Å²) in [6.45, 7) is 1.75. The first-order valence-electron chi connectivity index (χ1n) is 5.90. The Morgan fingerprint density at radius 2 is 2.21 bits per heavy atom. The van der Waals surface area contributed by atoms with Crippen molar-refractivity contribution in [2.45, 2.75) is 6.92 Å². The van der Waals surface area contributed by atoms with Crippen LogP contribution in [0.15, 0.2) is 24.5 Å². The summed E-state index contributed by atoms with van der Waals surface area (Å²) < 4.78 is 0. The normalized spacial score (nSPS) is 12.3. The number of aliphatic carboxylic acids is 1. The molecule has 0 bridgehead atoms. The van der Waals surface area contributed by atoms with Crippen molar-refractivity contribution < 1.29 is 14.7 Å². The minimum Gasteiger partial charge on any atom is -0.481 e. The molecule has 100 valence electrons. The van der Waals surface area contributed by atoms with Crippen LogP contribution in [0.4, 0.5) is 0 Å². The zero-order valence-corrected chi connectivity index (χ0v) is 10.8. The van der Waals surface area contributed by atoms with Crippen LogP contribution in [-0.4, -0.2) is 45.4 Å². The van der Waals surface area contributed by atoms with Crippen molar-refractivity contribution >= 4 is 22.9 Å². The third-order valence-electron chi connectivity index (χ3n) is 2.98. The Kier molecular flexibility index (Phi) is 3.50. The van der Waals surface area contributed by atoms with Crippen LogP contribution >= 0.6 is 0 Å². The van der Waals surface area contributed by atoms with Gasteiger partial charge in [-0.15, -0.1) is 0 Å². The van der Waals surface area contributed by atoms with Crippen LogP contribution < -0.4 is 0 Å². The van der Waals surface area contributed by atoms with Gasteiger partial charge >= 0.3 is 5.97 Å². The monoisotopic (exact) mass is 261 g/mol. The van der Waals surface area contributed by atoms with Crippen LogP contribution in [0.1, 0.15) is 17.3 Å². The molecule has 1 amide bonds. The number of nitrogens with one attached hydrogen (secondary N) is 1. The highest BCUT2D eigenvalue weighted by Crippen LogP contribution is 2.13. The SMILES string of the molecule is CC(CN(C)C(=O)c1ccc2nc[nH]c2c1)C(=O)O. The predicted octanol–water partition coefficient (Wildman–Crippen LogP) is 1.36. The molecule has 0 aliphatic carbocycles. The maximum atomic E-state index is 12.2. The molecule has 6 nitrogen and oxygen atoms in total. The number of hydrogen-bond donors (Lipinski definition) is 2. The summed E-state index contributed by atoms with van der Waals surface area (Å²) in [5.41, 5.74) is 2.08. The molecule has 6 heteroatoms. The van der Waals surface area contributed by atoms with Gasteiger partial charge in [0.15, 0.2) is 0 Å². The number of fused-ring (bicyclic) bond motifs is 1. The molecule has 2 rings (SSSR count). The Balaban J connectivity index is 2.16. The smallest absolute Gasteiger partial charge is 0.308 e. The molecule has 0 aliphatic rings. The molecule has 1 unspecified atom stereocenters. The van der Waals surface area contributed by atoms with Crippen molar-refractivity contribution in [3.05, 3.63) is 30.1 Å². The van der Waals surface area contributed by atoms with Gasteiger partial charge in [0, 0.05) is 19.2 Å². The molecule has 1 aromatic heterocycles. The van der Waals surface area contributed by atoms with Crippen LogP contribution in [0.25, 0.3) is 11.0 Å². The summed E-state index contributed by atoms with van der Waals surface area (Å²) >= 11 is 0. The molecule has 19 heavy (non-hydrogen) atoms. The number of carbonyl (C=O) groups is 2. The number of aromatic nitrogens is 2. The van der Waals surface area contributed by atoms with Crippen LogP contribution in [-0.2, 0) is 4.79 Å². The summed E-state index contributed by atoms with van der Waals surface area (Å²) in [5, 5.41) is 8.85. The maximum absolute atomic E-state index is 12.2. The number of benzene rings is 1. The van der Waals surface area contributed by atoms with Crippen molar-refractivity contribution in [2.75, 3.05) is 13.6 Å². The minimum absolute atomic E-state index is 0.176. The lowest BCUT2D eigenvalue weighted by Gasteiger charge is -2.19. The van der Waals surface area contributed by atoms with Gasteiger partial charge < -0.3 is 15.0 Å². The van der Waals surface area contributed by atoms with Gasteiger partial charge in [-0.1, -0.05) is 6.92 Å². The highest BCUT2D eigenvalue weighted by Gasteiger charge is 2.18. The zero-order chi connectivity index (χ0) is 14.0. The molecule has 1 heterocycles.